The fourth-order valence-electron chi connectivity index (χ4n) is 0.695. The van der Waals surface area contributed by atoms with Crippen molar-refractivity contribution in [1.82, 2.24) is 4.98 Å². The molecule has 0 fully saturated rings. The third-order valence-electron chi connectivity index (χ3n) is 1.28. The monoisotopic (exact) mass is 153 g/mol. The summed E-state index contributed by atoms with van der Waals surface area (Å²) < 4.78 is 5.28. The molecule has 3 heteroatoms. The maximum absolute atomic E-state index is 5.28. The molecule has 0 aromatic carbocycles. The van der Waals surface area contributed by atoms with Crippen LogP contribution in [0.1, 0.15) is 6.92 Å². The summed E-state index contributed by atoms with van der Waals surface area (Å²) in [7, 11) is 0. The van der Waals surface area contributed by atoms with Crippen LogP contribution in [0.25, 0.3) is 0 Å². The van der Waals surface area contributed by atoms with Crippen LogP contribution < -0.4 is 10.1 Å². The maximum atomic E-state index is 5.28. The van der Waals surface area contributed by atoms with E-state index >= 15 is 0 Å². The van der Waals surface area contributed by atoms with Crippen molar-refractivity contribution in [2.45, 2.75) is 6.92 Å². The molecule has 60 valence electrons. The van der Waals surface area contributed by atoms with Crippen molar-refractivity contribution in [3.63, 3.8) is 0 Å². The van der Waals surface area contributed by atoms with Gasteiger partial charge in [0.1, 0.15) is 0 Å². The number of hydrogen-bond donors (Lipinski definition) is 1. The van der Waals surface area contributed by atoms with Crippen LogP contribution >= 0.6 is 0 Å². The van der Waals surface area contributed by atoms with Gasteiger partial charge in [-0.05, 0) is 13.0 Å². The second-order valence-electron chi connectivity index (χ2n) is 2.18. The van der Waals surface area contributed by atoms with Gasteiger partial charge in [0, 0.05) is 12.3 Å². The molecule has 1 heterocycles. The van der Waals surface area contributed by atoms with Gasteiger partial charge in [0.15, 0.2) is 0 Å². The predicted octanol–water partition coefficient (Wildman–Crippen LogP) is 0.00120. The number of quaternary nitrogens is 1. The van der Waals surface area contributed by atoms with Gasteiger partial charge in [-0.15, -0.1) is 0 Å². The number of aromatic nitrogens is 1. The molecule has 0 saturated carbocycles. The molecular weight excluding hydrogens is 140 g/mol. The van der Waals surface area contributed by atoms with Crippen molar-refractivity contribution < 1.29 is 10.1 Å². The lowest BCUT2D eigenvalue weighted by Gasteiger charge is -2.00. The van der Waals surface area contributed by atoms with Crippen molar-refractivity contribution in [1.29, 1.82) is 0 Å². The first kappa shape index (κ1) is 8.01. The second-order valence-corrected chi connectivity index (χ2v) is 2.18. The highest BCUT2D eigenvalue weighted by Crippen LogP contribution is 2.00. The van der Waals surface area contributed by atoms with Crippen LogP contribution in [-0.2, 0) is 0 Å². The number of rotatable bonds is 4. The highest BCUT2D eigenvalue weighted by atomic mass is 16.5. The summed E-state index contributed by atoms with van der Waals surface area (Å²) in [4.78, 5) is 4.01. The van der Waals surface area contributed by atoms with Crippen molar-refractivity contribution in [3.05, 3.63) is 24.4 Å². The van der Waals surface area contributed by atoms with E-state index in [4.69, 9.17) is 4.74 Å². The van der Waals surface area contributed by atoms with Gasteiger partial charge in [-0.1, -0.05) is 6.07 Å². The zero-order valence-corrected chi connectivity index (χ0v) is 6.66. The zero-order chi connectivity index (χ0) is 7.94. The summed E-state index contributed by atoms with van der Waals surface area (Å²) in [5.41, 5.74) is 0. The first-order valence-electron chi connectivity index (χ1n) is 3.79. The normalized spacial score (nSPS) is 9.55. The number of ether oxygens (including phenoxy) is 1. The van der Waals surface area contributed by atoms with E-state index in [1.807, 2.05) is 18.2 Å². The van der Waals surface area contributed by atoms with Crippen molar-refractivity contribution in [2.75, 3.05) is 13.3 Å². The van der Waals surface area contributed by atoms with Crippen LogP contribution in [0.5, 0.6) is 5.88 Å². The Morgan fingerprint density at radius 2 is 2.45 bits per heavy atom. The van der Waals surface area contributed by atoms with E-state index < -0.39 is 0 Å². The van der Waals surface area contributed by atoms with E-state index in [0.717, 1.165) is 6.54 Å². The summed E-state index contributed by atoms with van der Waals surface area (Å²) in [6, 6.07) is 5.63. The van der Waals surface area contributed by atoms with E-state index in [1.54, 1.807) is 6.20 Å². The molecule has 0 radical (unpaired) electrons. The van der Waals surface area contributed by atoms with E-state index in [1.165, 1.54) is 0 Å². The van der Waals surface area contributed by atoms with Crippen LogP contribution in [0.3, 0.4) is 0 Å². The van der Waals surface area contributed by atoms with E-state index in [-0.39, 0.29) is 0 Å². The van der Waals surface area contributed by atoms with Gasteiger partial charge in [0.05, 0.1) is 6.54 Å². The van der Waals surface area contributed by atoms with Crippen LogP contribution in [-0.4, -0.2) is 18.3 Å². The number of nitrogens with two attached hydrogens (primary N) is 1. The second kappa shape index (κ2) is 4.68. The Balaban J connectivity index is 2.28. The maximum Gasteiger partial charge on any atom is 0.222 e. The van der Waals surface area contributed by atoms with E-state index in [9.17, 15) is 0 Å². The Morgan fingerprint density at radius 3 is 3.09 bits per heavy atom. The zero-order valence-electron chi connectivity index (χ0n) is 6.66. The minimum atomic E-state index is 0.646. The Hall–Kier alpha value is -1.09. The third kappa shape index (κ3) is 3.00. The standard InChI is InChI=1S/C8H12N2O/c1-2-9-7-11-8-5-3-4-6-10-8/h3-6,9H,2,7H2,1H3/p+1. The SMILES string of the molecule is CC[NH2+]COc1ccccn1. The Labute approximate surface area is 66.4 Å². The van der Waals surface area contributed by atoms with Gasteiger partial charge < -0.3 is 10.1 Å². The average molecular weight is 153 g/mol. The molecule has 0 saturated heterocycles. The molecular formula is C8H13N2O+. The molecule has 0 unspecified atom stereocenters. The van der Waals surface area contributed by atoms with Gasteiger partial charge >= 0.3 is 0 Å². The molecule has 0 amide bonds. The average Bonchev–Trinajstić information content (AvgIpc) is 2.07. The smallest absolute Gasteiger partial charge is 0.222 e. The highest BCUT2D eigenvalue weighted by Gasteiger charge is 1.90. The Morgan fingerprint density at radius 1 is 1.55 bits per heavy atom. The minimum Gasteiger partial charge on any atom is -0.428 e. The number of nitrogens with zero attached hydrogens (tertiary/aromatic N) is 1. The summed E-state index contributed by atoms with van der Waals surface area (Å²) in [5.74, 6) is 0.692. The Bertz CT molecular complexity index is 189. The topological polar surface area (TPSA) is 38.7 Å². The first-order valence-corrected chi connectivity index (χ1v) is 3.79. The van der Waals surface area contributed by atoms with E-state index in [0.29, 0.717) is 12.6 Å². The fourth-order valence-corrected chi connectivity index (χ4v) is 0.695. The molecule has 1 rings (SSSR count). The molecule has 0 aliphatic rings. The van der Waals surface area contributed by atoms with Crippen molar-refractivity contribution in [2.24, 2.45) is 0 Å². The lowest BCUT2D eigenvalue weighted by molar-refractivity contribution is -0.676. The molecule has 0 atom stereocenters. The summed E-state index contributed by atoms with van der Waals surface area (Å²) in [6.45, 7) is 3.77. The van der Waals surface area contributed by atoms with Crippen LogP contribution in [0.15, 0.2) is 24.4 Å². The highest BCUT2D eigenvalue weighted by molar-refractivity contribution is 5.08. The molecule has 3 nitrogen and oxygen atoms in total. The molecule has 0 spiro atoms. The van der Waals surface area contributed by atoms with Crippen molar-refractivity contribution >= 4 is 0 Å². The van der Waals surface area contributed by atoms with Crippen LogP contribution in [0.4, 0.5) is 0 Å². The molecule has 0 bridgehead atoms. The molecule has 2 N–H and O–H groups in total. The largest absolute Gasteiger partial charge is 0.428 e. The molecule has 11 heavy (non-hydrogen) atoms. The van der Waals surface area contributed by atoms with Crippen LogP contribution in [0, 0.1) is 0 Å². The van der Waals surface area contributed by atoms with E-state index in [2.05, 4.69) is 17.2 Å². The lowest BCUT2D eigenvalue weighted by Crippen LogP contribution is -2.85. The number of pyridine rings is 1. The Kier molecular flexibility index (Phi) is 3.41. The van der Waals surface area contributed by atoms with Gasteiger partial charge in [0.2, 0.25) is 12.6 Å². The molecule has 1 aromatic heterocycles. The van der Waals surface area contributed by atoms with Gasteiger partial charge in [-0.3, -0.25) is 0 Å². The molecule has 0 aliphatic heterocycles. The third-order valence-corrected chi connectivity index (χ3v) is 1.28. The predicted molar refractivity (Wildman–Crippen MR) is 42.2 cm³/mol. The quantitative estimate of drug-likeness (QED) is 0.488. The number of hydrogen-bond acceptors (Lipinski definition) is 2. The summed E-state index contributed by atoms with van der Waals surface area (Å²) >= 11 is 0. The first-order chi connectivity index (χ1) is 5.43. The fraction of sp³-hybridized carbons (Fsp3) is 0.375. The summed E-state index contributed by atoms with van der Waals surface area (Å²) in [6.07, 6.45) is 1.72. The lowest BCUT2D eigenvalue weighted by atomic mass is 10.5. The van der Waals surface area contributed by atoms with Gasteiger partial charge in [-0.25, -0.2) is 4.98 Å². The van der Waals surface area contributed by atoms with Crippen LogP contribution in [0.2, 0.25) is 0 Å². The molecule has 0 aliphatic carbocycles. The van der Waals surface area contributed by atoms with Crippen molar-refractivity contribution in [3.8, 4) is 5.88 Å². The molecule has 1 aromatic rings. The van der Waals surface area contributed by atoms with Gasteiger partial charge in [0.25, 0.3) is 0 Å². The minimum absolute atomic E-state index is 0.646. The van der Waals surface area contributed by atoms with Gasteiger partial charge in [-0.2, -0.15) is 0 Å². The summed E-state index contributed by atoms with van der Waals surface area (Å²) in [5, 5.41) is 2.06.